The maximum atomic E-state index is 12.8. The normalized spacial score (nSPS) is 20.4. The van der Waals surface area contributed by atoms with Crippen LogP contribution >= 0.6 is 0 Å². The first-order valence-electron chi connectivity index (χ1n) is 8.80. The van der Waals surface area contributed by atoms with E-state index in [2.05, 4.69) is 18.9 Å². The van der Waals surface area contributed by atoms with E-state index in [4.69, 9.17) is 5.73 Å². The lowest BCUT2D eigenvalue weighted by Gasteiger charge is -2.20. The summed E-state index contributed by atoms with van der Waals surface area (Å²) in [5.41, 5.74) is 7.87. The summed E-state index contributed by atoms with van der Waals surface area (Å²) in [6, 6.07) is 8.07. The van der Waals surface area contributed by atoms with Gasteiger partial charge in [0.2, 0.25) is 0 Å². The summed E-state index contributed by atoms with van der Waals surface area (Å²) in [6.45, 7) is 7.46. The molecule has 1 fully saturated rings. The monoisotopic (exact) mass is 342 g/mol. The van der Waals surface area contributed by atoms with Crippen LogP contribution in [-0.4, -0.2) is 44.8 Å². The Morgan fingerprint density at radius 3 is 2.60 bits per heavy atom. The lowest BCUT2D eigenvalue weighted by Crippen LogP contribution is -2.34. The lowest BCUT2D eigenvalue weighted by atomic mass is 10.0. The van der Waals surface area contributed by atoms with Gasteiger partial charge in [0.1, 0.15) is 0 Å². The van der Waals surface area contributed by atoms with Crippen LogP contribution in [0.3, 0.4) is 0 Å². The van der Waals surface area contributed by atoms with Crippen molar-refractivity contribution in [1.29, 1.82) is 0 Å². The molecule has 1 aliphatic rings. The number of aromatic hydroxyl groups is 1. The summed E-state index contributed by atoms with van der Waals surface area (Å²) < 4.78 is 1.55. The molecule has 0 aliphatic carbocycles. The van der Waals surface area contributed by atoms with E-state index in [9.17, 15) is 9.90 Å². The van der Waals surface area contributed by atoms with Gasteiger partial charge in [-0.25, -0.2) is 4.68 Å². The maximum Gasteiger partial charge on any atom is 0.278 e. The molecule has 1 aliphatic heterocycles. The Balaban J connectivity index is 1.84. The van der Waals surface area contributed by atoms with Gasteiger partial charge in [-0.3, -0.25) is 4.79 Å². The molecule has 0 spiro atoms. The highest BCUT2D eigenvalue weighted by Gasteiger charge is 2.34. The Bertz CT molecular complexity index is 751. The number of benzene rings is 1. The van der Waals surface area contributed by atoms with E-state index in [0.717, 1.165) is 12.1 Å². The predicted molar refractivity (Wildman–Crippen MR) is 97.0 cm³/mol. The molecule has 1 aromatic heterocycles. The summed E-state index contributed by atoms with van der Waals surface area (Å²) in [4.78, 5) is 14.5. The van der Waals surface area contributed by atoms with E-state index >= 15 is 0 Å². The van der Waals surface area contributed by atoms with E-state index in [-0.39, 0.29) is 23.4 Å². The molecular formula is C19H26N4O2. The Hall–Kier alpha value is -2.34. The minimum absolute atomic E-state index is 0.0949. The van der Waals surface area contributed by atoms with E-state index in [1.807, 2.05) is 31.2 Å². The third-order valence-corrected chi connectivity index (χ3v) is 4.98. The molecule has 2 unspecified atom stereocenters. The molecule has 2 aromatic rings. The van der Waals surface area contributed by atoms with E-state index in [1.54, 1.807) is 9.58 Å². The second kappa shape index (κ2) is 6.88. The van der Waals surface area contributed by atoms with E-state index < -0.39 is 0 Å². The Morgan fingerprint density at radius 2 is 2.04 bits per heavy atom. The summed E-state index contributed by atoms with van der Waals surface area (Å²) in [6.07, 6.45) is 2.37. The van der Waals surface area contributed by atoms with Crippen LogP contribution in [0, 0.1) is 5.92 Å². The minimum atomic E-state index is -0.237. The lowest BCUT2D eigenvalue weighted by molar-refractivity contribution is 0.0734. The van der Waals surface area contributed by atoms with Crippen molar-refractivity contribution < 1.29 is 9.90 Å². The molecule has 1 aromatic carbocycles. The first-order chi connectivity index (χ1) is 11.9. The Morgan fingerprint density at radius 1 is 1.36 bits per heavy atom. The van der Waals surface area contributed by atoms with Crippen LogP contribution < -0.4 is 5.73 Å². The zero-order valence-electron chi connectivity index (χ0n) is 15.0. The van der Waals surface area contributed by atoms with Gasteiger partial charge in [0.15, 0.2) is 11.4 Å². The van der Waals surface area contributed by atoms with Gasteiger partial charge in [-0.2, -0.15) is 5.10 Å². The predicted octanol–water partition coefficient (Wildman–Crippen LogP) is 2.51. The quantitative estimate of drug-likeness (QED) is 0.894. The summed E-state index contributed by atoms with van der Waals surface area (Å²) >= 11 is 0. The number of nitrogens with zero attached hydrogens (tertiary/aromatic N) is 3. The van der Waals surface area contributed by atoms with Crippen molar-refractivity contribution in [3.05, 3.63) is 41.7 Å². The third kappa shape index (κ3) is 3.39. The van der Waals surface area contributed by atoms with Gasteiger partial charge in [-0.15, -0.1) is 0 Å². The Labute approximate surface area is 148 Å². The van der Waals surface area contributed by atoms with Crippen molar-refractivity contribution in [2.45, 2.75) is 39.2 Å². The largest absolute Gasteiger partial charge is 0.504 e. The first-order valence-corrected chi connectivity index (χ1v) is 8.80. The number of aromatic nitrogens is 2. The number of nitrogens with two attached hydrogens (primary N) is 1. The van der Waals surface area contributed by atoms with Gasteiger partial charge in [0, 0.05) is 12.6 Å². The molecule has 3 N–H and O–H groups in total. The molecule has 1 saturated heterocycles. The van der Waals surface area contributed by atoms with Gasteiger partial charge in [0.25, 0.3) is 5.91 Å². The van der Waals surface area contributed by atoms with Crippen molar-refractivity contribution in [2.24, 2.45) is 11.7 Å². The SMILES string of the molecule is CC(C)c1ccc(-n2cc(O)c(C(=O)N3CC(CN)CC3C)n2)cc1. The zero-order chi connectivity index (χ0) is 18.1. The fourth-order valence-electron chi connectivity index (χ4n) is 3.39. The average Bonchev–Trinajstić information content (AvgIpc) is 3.17. The van der Waals surface area contributed by atoms with Crippen LogP contribution in [-0.2, 0) is 0 Å². The minimum Gasteiger partial charge on any atom is -0.504 e. The molecule has 2 atom stereocenters. The number of hydrogen-bond acceptors (Lipinski definition) is 4. The number of hydrogen-bond donors (Lipinski definition) is 2. The average molecular weight is 342 g/mol. The van der Waals surface area contributed by atoms with Crippen LogP contribution in [0.5, 0.6) is 5.75 Å². The molecular weight excluding hydrogens is 316 g/mol. The van der Waals surface area contributed by atoms with Crippen molar-refractivity contribution in [3.63, 3.8) is 0 Å². The molecule has 6 nitrogen and oxygen atoms in total. The van der Waals surface area contributed by atoms with Crippen LogP contribution in [0.25, 0.3) is 5.69 Å². The van der Waals surface area contributed by atoms with Crippen molar-refractivity contribution in [1.82, 2.24) is 14.7 Å². The van der Waals surface area contributed by atoms with E-state index in [1.165, 1.54) is 11.8 Å². The maximum absolute atomic E-state index is 12.8. The number of carbonyl (C=O) groups excluding carboxylic acids is 1. The molecule has 134 valence electrons. The second-order valence-electron chi connectivity index (χ2n) is 7.20. The van der Waals surface area contributed by atoms with Crippen molar-refractivity contribution >= 4 is 5.91 Å². The van der Waals surface area contributed by atoms with E-state index in [0.29, 0.717) is 24.9 Å². The summed E-state index contributed by atoms with van der Waals surface area (Å²) in [5.74, 6) is 0.427. The summed E-state index contributed by atoms with van der Waals surface area (Å²) in [7, 11) is 0. The fourth-order valence-corrected chi connectivity index (χ4v) is 3.39. The number of likely N-dealkylation sites (tertiary alicyclic amines) is 1. The molecule has 1 amide bonds. The standard InChI is InChI=1S/C19H26N4O2/c1-12(2)15-4-6-16(7-5-15)23-11-17(24)18(21-23)19(25)22-10-14(9-20)8-13(22)3/h4-7,11-14,24H,8-10,20H2,1-3H3. The first kappa shape index (κ1) is 17.5. The topological polar surface area (TPSA) is 84.4 Å². The smallest absolute Gasteiger partial charge is 0.278 e. The highest BCUT2D eigenvalue weighted by molar-refractivity contribution is 5.95. The fraction of sp³-hybridized carbons (Fsp3) is 0.474. The van der Waals surface area contributed by atoms with Gasteiger partial charge < -0.3 is 15.7 Å². The third-order valence-electron chi connectivity index (χ3n) is 4.98. The van der Waals surface area contributed by atoms with Gasteiger partial charge in [0.05, 0.1) is 11.9 Å². The van der Waals surface area contributed by atoms with Gasteiger partial charge >= 0.3 is 0 Å². The highest BCUT2D eigenvalue weighted by Crippen LogP contribution is 2.27. The van der Waals surface area contributed by atoms with Gasteiger partial charge in [-0.1, -0.05) is 26.0 Å². The number of amides is 1. The van der Waals surface area contributed by atoms with Crippen LogP contribution in [0.1, 0.15) is 49.2 Å². The van der Waals surface area contributed by atoms with Crippen molar-refractivity contribution in [3.8, 4) is 11.4 Å². The van der Waals surface area contributed by atoms with Crippen LogP contribution in [0.15, 0.2) is 30.5 Å². The molecule has 0 radical (unpaired) electrons. The Kier molecular flexibility index (Phi) is 4.81. The van der Waals surface area contributed by atoms with Crippen molar-refractivity contribution in [2.75, 3.05) is 13.1 Å². The molecule has 3 rings (SSSR count). The van der Waals surface area contributed by atoms with Crippen LogP contribution in [0.2, 0.25) is 0 Å². The molecule has 6 heteroatoms. The zero-order valence-corrected chi connectivity index (χ0v) is 15.0. The second-order valence-corrected chi connectivity index (χ2v) is 7.20. The summed E-state index contributed by atoms with van der Waals surface area (Å²) in [5, 5.41) is 14.5. The van der Waals surface area contributed by atoms with Gasteiger partial charge in [-0.05, 0) is 49.4 Å². The molecule has 0 saturated carbocycles. The molecule has 2 heterocycles. The molecule has 25 heavy (non-hydrogen) atoms. The number of carbonyl (C=O) groups is 1. The number of rotatable bonds is 4. The van der Waals surface area contributed by atoms with Crippen LogP contribution in [0.4, 0.5) is 0 Å². The highest BCUT2D eigenvalue weighted by atomic mass is 16.3. The molecule has 0 bridgehead atoms.